The molecule has 4 aromatic rings. The van der Waals surface area contributed by atoms with Crippen LogP contribution in [0.3, 0.4) is 0 Å². The molecule has 2 aromatic heterocycles. The molecule has 0 saturated heterocycles. The normalized spacial score (nSPS) is 10.7. The van der Waals surface area contributed by atoms with E-state index < -0.39 is 0 Å². The van der Waals surface area contributed by atoms with Crippen LogP contribution in [0.4, 0.5) is 0 Å². The molecule has 0 radical (unpaired) electrons. The van der Waals surface area contributed by atoms with Crippen molar-refractivity contribution < 1.29 is 4.79 Å². The number of para-hydroxylation sites is 1. The molecule has 0 atom stereocenters. The first-order valence-electron chi connectivity index (χ1n) is 8.04. The van der Waals surface area contributed by atoms with Crippen molar-refractivity contribution in [1.82, 2.24) is 4.57 Å². The molecule has 0 bridgehead atoms. The van der Waals surface area contributed by atoms with Crippen LogP contribution in [0.2, 0.25) is 5.02 Å². The third-order valence-corrected chi connectivity index (χ3v) is 5.50. The predicted molar refractivity (Wildman–Crippen MR) is 107 cm³/mol. The summed E-state index contributed by atoms with van der Waals surface area (Å²) in [5.74, 6) is -0.293. The predicted octanol–water partition coefficient (Wildman–Crippen LogP) is 4.81. The molecule has 6 heteroatoms. The highest BCUT2D eigenvalue weighted by Crippen LogP contribution is 2.33. The second kappa shape index (κ2) is 6.84. The summed E-state index contributed by atoms with van der Waals surface area (Å²) in [7, 11) is 0. The molecule has 4 nitrogen and oxygen atoms in total. The van der Waals surface area contributed by atoms with Gasteiger partial charge in [0.05, 0.1) is 11.3 Å². The third kappa shape index (κ3) is 2.95. The van der Waals surface area contributed by atoms with Crippen LogP contribution in [-0.4, -0.2) is 10.4 Å². The number of nitrogens with zero attached hydrogens (tertiary/aromatic N) is 2. The van der Waals surface area contributed by atoms with Gasteiger partial charge < -0.3 is 0 Å². The van der Waals surface area contributed by atoms with Gasteiger partial charge in [0, 0.05) is 22.0 Å². The molecule has 130 valence electrons. The topological polar surface area (TPSA) is 62.9 Å². The molecule has 4 rings (SSSR count). The van der Waals surface area contributed by atoms with E-state index in [1.165, 1.54) is 10.6 Å². The van der Waals surface area contributed by atoms with Gasteiger partial charge in [-0.05, 0) is 30.3 Å². The highest BCUT2D eigenvalue weighted by atomic mass is 35.5. The Morgan fingerprint density at radius 3 is 2.52 bits per heavy atom. The Labute approximate surface area is 163 Å². The molecular formula is C21H11ClN2O2S. The number of carbonyl (C=O) groups excluding carboxylic acids is 1. The lowest BCUT2D eigenvalue weighted by molar-refractivity contribution is 0.104. The minimum atomic E-state index is -0.293. The first-order valence-corrected chi connectivity index (χ1v) is 9.24. The second-order valence-corrected chi connectivity index (χ2v) is 7.25. The Kier molecular flexibility index (Phi) is 4.36. The summed E-state index contributed by atoms with van der Waals surface area (Å²) >= 11 is 7.14. The largest absolute Gasteiger partial charge is 0.289 e. The number of carbonyl (C=O) groups is 1. The fraction of sp³-hybridized carbons (Fsp3) is 0. The molecule has 0 amide bonds. The van der Waals surface area contributed by atoms with Crippen molar-refractivity contribution in [2.45, 2.75) is 0 Å². The molecule has 0 spiro atoms. The molecule has 0 N–H and O–H groups in total. The van der Waals surface area contributed by atoms with Crippen molar-refractivity contribution in [3.63, 3.8) is 0 Å². The number of nitriles is 1. The van der Waals surface area contributed by atoms with Crippen molar-refractivity contribution in [1.29, 1.82) is 5.26 Å². The van der Waals surface area contributed by atoms with Gasteiger partial charge in [0.15, 0.2) is 5.78 Å². The summed E-state index contributed by atoms with van der Waals surface area (Å²) in [6, 6.07) is 20.9. The van der Waals surface area contributed by atoms with Gasteiger partial charge in [-0.1, -0.05) is 41.9 Å². The van der Waals surface area contributed by atoms with Gasteiger partial charge in [-0.15, -0.1) is 11.3 Å². The zero-order valence-electron chi connectivity index (χ0n) is 13.8. The monoisotopic (exact) mass is 390 g/mol. The molecule has 2 heterocycles. The van der Waals surface area contributed by atoms with Crippen molar-refractivity contribution in [3.8, 4) is 11.8 Å². The molecule has 0 aliphatic rings. The van der Waals surface area contributed by atoms with Gasteiger partial charge in [-0.3, -0.25) is 14.2 Å². The molecule has 0 aliphatic carbocycles. The molecule has 0 saturated carbocycles. The van der Waals surface area contributed by atoms with Crippen LogP contribution in [0, 0.1) is 11.3 Å². The van der Waals surface area contributed by atoms with Crippen LogP contribution in [0.25, 0.3) is 15.9 Å². The Hall–Kier alpha value is -3.20. The van der Waals surface area contributed by atoms with Gasteiger partial charge >= 0.3 is 0 Å². The van der Waals surface area contributed by atoms with E-state index in [0.29, 0.717) is 32.1 Å². The minimum absolute atomic E-state index is 0.221. The lowest BCUT2D eigenvalue weighted by atomic mass is 10.0. The number of rotatable bonds is 3. The van der Waals surface area contributed by atoms with Crippen molar-refractivity contribution in [3.05, 3.63) is 98.1 Å². The summed E-state index contributed by atoms with van der Waals surface area (Å²) in [4.78, 5) is 26.4. The van der Waals surface area contributed by atoms with Crippen LogP contribution in [-0.2, 0) is 0 Å². The van der Waals surface area contributed by atoms with Crippen molar-refractivity contribution in [2.24, 2.45) is 0 Å². The van der Waals surface area contributed by atoms with E-state index in [1.54, 1.807) is 30.3 Å². The van der Waals surface area contributed by atoms with Crippen LogP contribution in [0.15, 0.2) is 71.5 Å². The highest BCUT2D eigenvalue weighted by Gasteiger charge is 2.23. The first-order chi connectivity index (χ1) is 13.1. The fourth-order valence-corrected chi connectivity index (χ4v) is 4.28. The van der Waals surface area contributed by atoms with E-state index in [1.807, 2.05) is 30.3 Å². The number of fused-ring (bicyclic) bond motifs is 1. The van der Waals surface area contributed by atoms with E-state index in [2.05, 4.69) is 6.07 Å². The molecule has 0 unspecified atom stereocenters. The molecule has 0 aliphatic heterocycles. The van der Waals surface area contributed by atoms with Gasteiger partial charge in [0.1, 0.15) is 15.8 Å². The zero-order chi connectivity index (χ0) is 19.0. The van der Waals surface area contributed by atoms with Crippen LogP contribution >= 0.6 is 22.9 Å². The Balaban J connectivity index is 2.02. The van der Waals surface area contributed by atoms with E-state index >= 15 is 0 Å². The SMILES string of the molecule is N#Cc1sc2c(ccc(=O)n2-c2ccccc2)c1C(=O)c1cccc(Cl)c1. The first kappa shape index (κ1) is 17.2. The third-order valence-electron chi connectivity index (χ3n) is 4.17. The van der Waals surface area contributed by atoms with Crippen molar-refractivity contribution in [2.75, 3.05) is 0 Å². The van der Waals surface area contributed by atoms with Gasteiger partial charge in [0.2, 0.25) is 0 Å². The lowest BCUT2D eigenvalue weighted by Crippen LogP contribution is -2.16. The Morgan fingerprint density at radius 1 is 1.04 bits per heavy atom. The fourth-order valence-electron chi connectivity index (χ4n) is 2.98. The summed E-state index contributed by atoms with van der Waals surface area (Å²) in [6.45, 7) is 0. The standard InChI is InChI=1S/C21H11ClN2O2S/c22-14-6-4-5-13(11-14)20(26)19-16-9-10-18(25)24(15-7-2-1-3-8-15)21(16)27-17(19)12-23/h1-11H. The molecular weight excluding hydrogens is 380 g/mol. The Morgan fingerprint density at radius 2 is 1.81 bits per heavy atom. The summed E-state index contributed by atoms with van der Waals surface area (Å²) < 4.78 is 1.52. The molecule has 2 aromatic carbocycles. The number of halogens is 1. The van der Waals surface area contributed by atoms with Crippen LogP contribution in [0.5, 0.6) is 0 Å². The number of aromatic nitrogens is 1. The smallest absolute Gasteiger partial charge is 0.256 e. The van der Waals surface area contributed by atoms with Crippen LogP contribution < -0.4 is 5.56 Å². The average molecular weight is 391 g/mol. The lowest BCUT2D eigenvalue weighted by Gasteiger charge is -2.07. The number of hydrogen-bond acceptors (Lipinski definition) is 4. The van der Waals surface area contributed by atoms with E-state index in [0.717, 1.165) is 11.3 Å². The minimum Gasteiger partial charge on any atom is -0.289 e. The summed E-state index contributed by atoms with van der Waals surface area (Å²) in [6.07, 6.45) is 0. The van der Waals surface area contributed by atoms with Gasteiger partial charge in [-0.25, -0.2) is 0 Å². The molecule has 0 fully saturated rings. The number of thiophene rings is 1. The summed E-state index contributed by atoms with van der Waals surface area (Å²) in [5, 5.41) is 10.6. The van der Waals surface area contributed by atoms with E-state index in [9.17, 15) is 14.9 Å². The van der Waals surface area contributed by atoms with Gasteiger partial charge in [-0.2, -0.15) is 5.26 Å². The van der Waals surface area contributed by atoms with E-state index in [4.69, 9.17) is 11.6 Å². The maximum Gasteiger partial charge on any atom is 0.256 e. The molecule has 27 heavy (non-hydrogen) atoms. The van der Waals surface area contributed by atoms with Crippen LogP contribution in [0.1, 0.15) is 20.8 Å². The number of hydrogen-bond donors (Lipinski definition) is 0. The maximum atomic E-state index is 13.1. The Bertz CT molecular complexity index is 1280. The van der Waals surface area contributed by atoms with Crippen molar-refractivity contribution >= 4 is 38.9 Å². The van der Waals surface area contributed by atoms with E-state index in [-0.39, 0.29) is 16.2 Å². The highest BCUT2D eigenvalue weighted by molar-refractivity contribution is 7.19. The average Bonchev–Trinajstić information content (AvgIpc) is 3.06. The maximum absolute atomic E-state index is 13.1. The quantitative estimate of drug-likeness (QED) is 0.471. The zero-order valence-corrected chi connectivity index (χ0v) is 15.4. The summed E-state index contributed by atoms with van der Waals surface area (Å²) in [5.41, 5.74) is 1.15. The number of benzene rings is 2. The number of pyridine rings is 1. The second-order valence-electron chi connectivity index (χ2n) is 5.82. The van der Waals surface area contributed by atoms with Gasteiger partial charge in [0.25, 0.3) is 5.56 Å². The number of ketones is 1.